The van der Waals surface area contributed by atoms with Gasteiger partial charge in [0.1, 0.15) is 6.10 Å². The lowest BCUT2D eigenvalue weighted by molar-refractivity contribution is -0.194. The van der Waals surface area contributed by atoms with E-state index in [2.05, 4.69) is 6.92 Å². The Labute approximate surface area is 154 Å². The summed E-state index contributed by atoms with van der Waals surface area (Å²) in [5.74, 6) is 0.107. The molecule has 0 heterocycles. The van der Waals surface area contributed by atoms with E-state index in [0.29, 0.717) is 18.8 Å². The van der Waals surface area contributed by atoms with Gasteiger partial charge in [-0.05, 0) is 56.3 Å². The molecule has 0 bridgehead atoms. The van der Waals surface area contributed by atoms with Crippen molar-refractivity contribution in [1.82, 2.24) is 0 Å². The lowest BCUT2D eigenvalue weighted by Gasteiger charge is -2.61. The predicted octanol–water partition coefficient (Wildman–Crippen LogP) is 3.59. The number of ketones is 1. The average Bonchev–Trinajstić information content (AvgIpc) is 2.87. The number of Topliss-reactive ketones (excluding diaryl/α,β-unsaturated/α-hetero) is 1. The molecule has 4 fully saturated rings. The molecule has 0 amide bonds. The lowest BCUT2D eigenvalue weighted by Crippen LogP contribution is -2.65. The molecule has 0 radical (unpaired) electrons. The standard InChI is InChI=1S/C21H31FO4/c1-12(23)26-18-5-4-15-14-10-17(25)21(22)11-13(24)6-9-20(21,3)16(14)7-8-19(15,18)2/h13-16,18,24H,4-11H2,1-3H3/t13?,14-,15-,16+,18?,19-,20+,21?/m0/s1. The maximum Gasteiger partial charge on any atom is 0.302 e. The summed E-state index contributed by atoms with van der Waals surface area (Å²) in [4.78, 5) is 24.5. The SMILES string of the molecule is CC(=O)OC1CC[C@H]2[C@@H]3CC(=O)C4(F)CC(O)CC[C@]4(C)[C@@H]3CC[C@]12C. The second-order valence-electron chi connectivity index (χ2n) is 9.84. The van der Waals surface area contributed by atoms with Crippen LogP contribution in [0.3, 0.4) is 0 Å². The van der Waals surface area contributed by atoms with E-state index in [1.54, 1.807) is 0 Å². The number of halogens is 1. The lowest BCUT2D eigenvalue weighted by atomic mass is 9.44. The van der Waals surface area contributed by atoms with Crippen LogP contribution in [0.15, 0.2) is 0 Å². The number of rotatable bonds is 1. The number of ether oxygens (including phenoxy) is 1. The van der Waals surface area contributed by atoms with Crippen LogP contribution >= 0.6 is 0 Å². The molecule has 0 saturated heterocycles. The molecule has 26 heavy (non-hydrogen) atoms. The molecule has 5 heteroatoms. The summed E-state index contributed by atoms with van der Waals surface area (Å²) in [5.41, 5.74) is -2.66. The Hall–Kier alpha value is -0.970. The molecule has 4 aliphatic rings. The number of aliphatic hydroxyl groups excluding tert-OH is 1. The van der Waals surface area contributed by atoms with Crippen LogP contribution in [0.5, 0.6) is 0 Å². The van der Waals surface area contributed by atoms with Crippen LogP contribution in [0.25, 0.3) is 0 Å². The minimum Gasteiger partial charge on any atom is -0.462 e. The van der Waals surface area contributed by atoms with Gasteiger partial charge in [-0.1, -0.05) is 13.8 Å². The molecule has 4 rings (SSSR count). The summed E-state index contributed by atoms with van der Waals surface area (Å²) >= 11 is 0. The topological polar surface area (TPSA) is 63.6 Å². The van der Waals surface area contributed by atoms with Gasteiger partial charge >= 0.3 is 5.97 Å². The molecule has 3 unspecified atom stereocenters. The van der Waals surface area contributed by atoms with Gasteiger partial charge in [-0.15, -0.1) is 0 Å². The van der Waals surface area contributed by atoms with Gasteiger partial charge in [0.15, 0.2) is 11.5 Å². The van der Waals surface area contributed by atoms with Crippen molar-refractivity contribution in [1.29, 1.82) is 0 Å². The molecule has 0 spiro atoms. The fourth-order valence-corrected chi connectivity index (χ4v) is 7.32. The van der Waals surface area contributed by atoms with Gasteiger partial charge in [-0.25, -0.2) is 4.39 Å². The largest absolute Gasteiger partial charge is 0.462 e. The van der Waals surface area contributed by atoms with Crippen molar-refractivity contribution < 1.29 is 23.8 Å². The second kappa shape index (κ2) is 5.76. The van der Waals surface area contributed by atoms with Crippen LogP contribution in [0.2, 0.25) is 0 Å². The third kappa shape index (κ3) is 2.28. The van der Waals surface area contributed by atoms with Crippen LogP contribution in [-0.4, -0.2) is 34.7 Å². The van der Waals surface area contributed by atoms with E-state index in [0.717, 1.165) is 25.7 Å². The van der Waals surface area contributed by atoms with Gasteiger partial charge in [0.05, 0.1) is 6.10 Å². The number of hydrogen-bond acceptors (Lipinski definition) is 4. The van der Waals surface area contributed by atoms with Crippen molar-refractivity contribution in [3.8, 4) is 0 Å². The summed E-state index contributed by atoms with van der Waals surface area (Å²) in [7, 11) is 0. The molecule has 0 aliphatic heterocycles. The fourth-order valence-electron chi connectivity index (χ4n) is 7.32. The maximum absolute atomic E-state index is 15.9. The molecule has 4 aliphatic carbocycles. The number of fused-ring (bicyclic) bond motifs is 5. The smallest absolute Gasteiger partial charge is 0.302 e. The van der Waals surface area contributed by atoms with E-state index in [1.165, 1.54) is 6.92 Å². The van der Waals surface area contributed by atoms with Gasteiger partial charge in [0, 0.05) is 30.6 Å². The molecular weight excluding hydrogens is 335 g/mol. The third-order valence-corrected chi connectivity index (χ3v) is 8.76. The van der Waals surface area contributed by atoms with Crippen molar-refractivity contribution in [2.45, 2.75) is 90.0 Å². The average molecular weight is 366 g/mol. The summed E-state index contributed by atoms with van der Waals surface area (Å²) in [6.45, 7) is 5.61. The van der Waals surface area contributed by atoms with E-state index in [1.807, 2.05) is 6.92 Å². The van der Waals surface area contributed by atoms with Crippen molar-refractivity contribution in [2.24, 2.45) is 28.6 Å². The van der Waals surface area contributed by atoms with Crippen LogP contribution in [-0.2, 0) is 14.3 Å². The predicted molar refractivity (Wildman–Crippen MR) is 94.0 cm³/mol. The quantitative estimate of drug-likeness (QED) is 0.720. The minimum absolute atomic E-state index is 0.0381. The molecule has 0 aromatic rings. The zero-order valence-electron chi connectivity index (χ0n) is 16.1. The van der Waals surface area contributed by atoms with Gasteiger partial charge < -0.3 is 9.84 Å². The van der Waals surface area contributed by atoms with E-state index in [9.17, 15) is 14.7 Å². The number of carbonyl (C=O) groups excluding carboxylic acids is 2. The first-order chi connectivity index (χ1) is 12.1. The highest BCUT2D eigenvalue weighted by molar-refractivity contribution is 5.90. The highest BCUT2D eigenvalue weighted by Crippen LogP contribution is 2.67. The Morgan fingerprint density at radius 1 is 1.15 bits per heavy atom. The molecule has 4 nitrogen and oxygen atoms in total. The first kappa shape index (κ1) is 18.4. The summed E-state index contributed by atoms with van der Waals surface area (Å²) in [6, 6.07) is 0. The first-order valence-corrected chi connectivity index (χ1v) is 10.2. The van der Waals surface area contributed by atoms with Crippen LogP contribution < -0.4 is 0 Å². The first-order valence-electron chi connectivity index (χ1n) is 10.2. The maximum atomic E-state index is 15.9. The minimum atomic E-state index is -1.88. The summed E-state index contributed by atoms with van der Waals surface area (Å²) < 4.78 is 21.6. The number of alkyl halides is 1. The van der Waals surface area contributed by atoms with Crippen molar-refractivity contribution >= 4 is 11.8 Å². The number of aliphatic hydroxyl groups is 1. The van der Waals surface area contributed by atoms with E-state index in [-0.39, 0.29) is 47.9 Å². The molecule has 4 saturated carbocycles. The van der Waals surface area contributed by atoms with Crippen molar-refractivity contribution in [2.75, 3.05) is 0 Å². The monoisotopic (exact) mass is 366 g/mol. The second-order valence-corrected chi connectivity index (χ2v) is 9.84. The van der Waals surface area contributed by atoms with Gasteiger partial charge in [0.2, 0.25) is 0 Å². The zero-order valence-corrected chi connectivity index (χ0v) is 16.1. The highest BCUT2D eigenvalue weighted by atomic mass is 19.1. The number of carbonyl (C=O) groups is 2. The molecule has 0 aromatic carbocycles. The fraction of sp³-hybridized carbons (Fsp3) is 0.905. The van der Waals surface area contributed by atoms with E-state index < -0.39 is 17.2 Å². The van der Waals surface area contributed by atoms with Gasteiger partial charge in [0.25, 0.3) is 0 Å². The van der Waals surface area contributed by atoms with Crippen LogP contribution in [0, 0.1) is 28.6 Å². The third-order valence-electron chi connectivity index (χ3n) is 8.76. The molecule has 1 N–H and O–H groups in total. The number of esters is 1. The normalized spacial score (nSPS) is 53.4. The van der Waals surface area contributed by atoms with Crippen LogP contribution in [0.1, 0.15) is 72.1 Å². The van der Waals surface area contributed by atoms with E-state index >= 15 is 4.39 Å². The van der Waals surface area contributed by atoms with Crippen molar-refractivity contribution in [3.63, 3.8) is 0 Å². The summed E-state index contributed by atoms with van der Waals surface area (Å²) in [5, 5.41) is 10.0. The van der Waals surface area contributed by atoms with Crippen molar-refractivity contribution in [3.05, 3.63) is 0 Å². The highest BCUT2D eigenvalue weighted by Gasteiger charge is 2.68. The van der Waals surface area contributed by atoms with E-state index in [4.69, 9.17) is 4.74 Å². The molecular formula is C21H31FO4. The van der Waals surface area contributed by atoms with Crippen LogP contribution in [0.4, 0.5) is 4.39 Å². The Balaban J connectivity index is 1.66. The Morgan fingerprint density at radius 3 is 2.58 bits per heavy atom. The Kier molecular flexibility index (Phi) is 4.08. The van der Waals surface area contributed by atoms with Gasteiger partial charge in [-0.3, -0.25) is 9.59 Å². The molecule has 0 aromatic heterocycles. The zero-order chi connectivity index (χ0) is 18.9. The molecule has 146 valence electrons. The molecule has 8 atom stereocenters. The Morgan fingerprint density at radius 2 is 1.88 bits per heavy atom. The Bertz CT molecular complexity index is 636. The number of hydrogen-bond donors (Lipinski definition) is 1. The van der Waals surface area contributed by atoms with Gasteiger partial charge in [-0.2, -0.15) is 0 Å². The summed E-state index contributed by atoms with van der Waals surface area (Å²) in [6.07, 6.45) is 4.18.